The van der Waals surface area contributed by atoms with Crippen LogP contribution in [0.25, 0.3) is 11.1 Å². The Morgan fingerprint density at radius 1 is 1.57 bits per heavy atom. The van der Waals surface area contributed by atoms with Crippen molar-refractivity contribution in [1.29, 1.82) is 0 Å². The van der Waals surface area contributed by atoms with E-state index in [1.807, 2.05) is 12.1 Å². The Bertz CT molecular complexity index is 466. The lowest BCUT2D eigenvalue weighted by atomic mass is 10.3. The Labute approximate surface area is 83.9 Å². The molecule has 2 aromatic rings. The lowest BCUT2D eigenvalue weighted by Crippen LogP contribution is -1.97. The van der Waals surface area contributed by atoms with Crippen LogP contribution in [0.2, 0.25) is 0 Å². The quantitative estimate of drug-likeness (QED) is 0.783. The SMILES string of the molecule is O=C(O)CSc1ccc2ncoc2c1. The molecule has 0 spiro atoms. The van der Waals surface area contributed by atoms with Gasteiger partial charge < -0.3 is 9.52 Å². The summed E-state index contributed by atoms with van der Waals surface area (Å²) >= 11 is 1.26. The molecular weight excluding hydrogens is 202 g/mol. The fraction of sp³-hybridized carbons (Fsp3) is 0.111. The molecule has 72 valence electrons. The van der Waals surface area contributed by atoms with Crippen molar-refractivity contribution in [2.75, 3.05) is 5.75 Å². The second-order valence-corrected chi connectivity index (χ2v) is 3.71. The van der Waals surface area contributed by atoms with Gasteiger partial charge in [-0.25, -0.2) is 4.98 Å². The van der Waals surface area contributed by atoms with Gasteiger partial charge in [-0.2, -0.15) is 0 Å². The Balaban J connectivity index is 2.21. The van der Waals surface area contributed by atoms with Crippen molar-refractivity contribution in [2.24, 2.45) is 0 Å². The number of thioether (sulfide) groups is 1. The average molecular weight is 209 g/mol. The van der Waals surface area contributed by atoms with E-state index in [0.717, 1.165) is 10.4 Å². The molecule has 0 bridgehead atoms. The van der Waals surface area contributed by atoms with Gasteiger partial charge in [0.05, 0.1) is 5.75 Å². The lowest BCUT2D eigenvalue weighted by molar-refractivity contribution is -0.133. The zero-order valence-corrected chi connectivity index (χ0v) is 7.95. The van der Waals surface area contributed by atoms with E-state index in [-0.39, 0.29) is 5.75 Å². The zero-order valence-electron chi connectivity index (χ0n) is 7.14. The standard InChI is InChI=1S/C9H7NO3S/c11-9(12)4-14-6-1-2-7-8(3-6)13-5-10-7/h1-3,5H,4H2,(H,11,12). The maximum absolute atomic E-state index is 10.3. The first-order chi connectivity index (χ1) is 6.75. The van der Waals surface area contributed by atoms with Crippen LogP contribution >= 0.6 is 11.8 Å². The minimum absolute atomic E-state index is 0.0552. The number of hydrogen-bond donors (Lipinski definition) is 1. The van der Waals surface area contributed by atoms with Crippen LogP contribution in [0, 0.1) is 0 Å². The van der Waals surface area contributed by atoms with E-state index in [0.29, 0.717) is 5.58 Å². The molecule has 0 unspecified atom stereocenters. The van der Waals surface area contributed by atoms with Gasteiger partial charge in [-0.15, -0.1) is 11.8 Å². The molecule has 1 aromatic heterocycles. The van der Waals surface area contributed by atoms with Gasteiger partial charge in [-0.05, 0) is 18.2 Å². The molecule has 1 aromatic carbocycles. The van der Waals surface area contributed by atoms with Gasteiger partial charge in [0.2, 0.25) is 0 Å². The van der Waals surface area contributed by atoms with Crippen LogP contribution in [0.4, 0.5) is 0 Å². The molecule has 0 aliphatic heterocycles. The molecule has 0 atom stereocenters. The van der Waals surface area contributed by atoms with Gasteiger partial charge in [-0.3, -0.25) is 4.79 Å². The van der Waals surface area contributed by atoms with Crippen LogP contribution in [-0.4, -0.2) is 21.8 Å². The Morgan fingerprint density at radius 3 is 3.21 bits per heavy atom. The number of hydrogen-bond acceptors (Lipinski definition) is 4. The van der Waals surface area contributed by atoms with Gasteiger partial charge in [0.1, 0.15) is 5.52 Å². The highest BCUT2D eigenvalue weighted by atomic mass is 32.2. The molecule has 14 heavy (non-hydrogen) atoms. The predicted molar refractivity (Wildman–Crippen MR) is 52.4 cm³/mol. The third-order valence-electron chi connectivity index (χ3n) is 1.67. The van der Waals surface area contributed by atoms with Crippen LogP contribution in [0.3, 0.4) is 0 Å². The van der Waals surface area contributed by atoms with E-state index in [4.69, 9.17) is 9.52 Å². The second-order valence-electron chi connectivity index (χ2n) is 2.66. The summed E-state index contributed by atoms with van der Waals surface area (Å²) in [6.45, 7) is 0. The minimum Gasteiger partial charge on any atom is -0.481 e. The Hall–Kier alpha value is -1.49. The van der Waals surface area contributed by atoms with Crippen molar-refractivity contribution < 1.29 is 14.3 Å². The van der Waals surface area contributed by atoms with Gasteiger partial charge in [0, 0.05) is 4.90 Å². The van der Waals surface area contributed by atoms with Crippen molar-refractivity contribution in [3.05, 3.63) is 24.6 Å². The molecular formula is C9H7NO3S. The van der Waals surface area contributed by atoms with Gasteiger partial charge in [-0.1, -0.05) is 0 Å². The summed E-state index contributed by atoms with van der Waals surface area (Å²) in [5, 5.41) is 8.49. The first kappa shape index (κ1) is 9.08. The summed E-state index contributed by atoms with van der Waals surface area (Å²) < 4.78 is 5.09. The van der Waals surface area contributed by atoms with E-state index < -0.39 is 5.97 Å². The first-order valence-corrected chi connectivity index (χ1v) is 4.92. The number of benzene rings is 1. The molecule has 1 N–H and O–H groups in total. The summed E-state index contributed by atoms with van der Waals surface area (Å²) in [5.74, 6) is -0.771. The minimum atomic E-state index is -0.826. The molecule has 1 heterocycles. The van der Waals surface area contributed by atoms with Crippen molar-refractivity contribution in [1.82, 2.24) is 4.98 Å². The summed E-state index contributed by atoms with van der Waals surface area (Å²) in [6.07, 6.45) is 1.37. The van der Waals surface area contributed by atoms with Crippen molar-refractivity contribution in [3.63, 3.8) is 0 Å². The van der Waals surface area contributed by atoms with Crippen LogP contribution in [0.15, 0.2) is 33.9 Å². The number of aliphatic carboxylic acids is 1. The number of carboxylic acids is 1. The summed E-state index contributed by atoms with van der Waals surface area (Å²) in [7, 11) is 0. The Kier molecular flexibility index (Phi) is 2.41. The van der Waals surface area contributed by atoms with Crippen molar-refractivity contribution >= 4 is 28.8 Å². The van der Waals surface area contributed by atoms with Crippen molar-refractivity contribution in [3.8, 4) is 0 Å². The second kappa shape index (κ2) is 3.71. The largest absolute Gasteiger partial charge is 0.481 e. The third-order valence-corrected chi connectivity index (χ3v) is 2.64. The third kappa shape index (κ3) is 1.88. The van der Waals surface area contributed by atoms with Gasteiger partial charge in [0.15, 0.2) is 12.0 Å². The number of rotatable bonds is 3. The van der Waals surface area contributed by atoms with Crippen LogP contribution in [0.5, 0.6) is 0 Å². The highest BCUT2D eigenvalue weighted by Gasteiger charge is 2.02. The topological polar surface area (TPSA) is 63.3 Å². The fourth-order valence-electron chi connectivity index (χ4n) is 1.07. The average Bonchev–Trinajstić information content (AvgIpc) is 2.61. The smallest absolute Gasteiger partial charge is 0.313 e. The number of fused-ring (bicyclic) bond motifs is 1. The van der Waals surface area contributed by atoms with E-state index in [1.54, 1.807) is 6.07 Å². The van der Waals surface area contributed by atoms with E-state index in [2.05, 4.69) is 4.98 Å². The van der Waals surface area contributed by atoms with Gasteiger partial charge >= 0.3 is 5.97 Å². The number of carbonyl (C=O) groups is 1. The number of oxazole rings is 1. The summed E-state index contributed by atoms with van der Waals surface area (Å²) in [5.41, 5.74) is 1.46. The maximum Gasteiger partial charge on any atom is 0.313 e. The maximum atomic E-state index is 10.3. The normalized spacial score (nSPS) is 10.6. The highest BCUT2D eigenvalue weighted by molar-refractivity contribution is 8.00. The number of carboxylic acid groups (broad SMARTS) is 1. The molecule has 0 fully saturated rings. The lowest BCUT2D eigenvalue weighted by Gasteiger charge is -1.96. The molecule has 5 heteroatoms. The Morgan fingerprint density at radius 2 is 2.43 bits per heavy atom. The number of nitrogens with zero attached hydrogens (tertiary/aromatic N) is 1. The number of aromatic nitrogens is 1. The van der Waals surface area contributed by atoms with E-state index in [1.165, 1.54) is 18.2 Å². The summed E-state index contributed by atoms with van der Waals surface area (Å²) in [4.78, 5) is 15.2. The molecule has 0 aliphatic carbocycles. The molecule has 0 saturated carbocycles. The fourth-order valence-corrected chi connectivity index (χ4v) is 1.72. The molecule has 0 radical (unpaired) electrons. The molecule has 0 aliphatic rings. The van der Waals surface area contributed by atoms with Crippen LogP contribution in [-0.2, 0) is 4.79 Å². The zero-order chi connectivity index (χ0) is 9.97. The van der Waals surface area contributed by atoms with Crippen LogP contribution in [0.1, 0.15) is 0 Å². The van der Waals surface area contributed by atoms with E-state index >= 15 is 0 Å². The predicted octanol–water partition coefficient (Wildman–Crippen LogP) is 2.00. The molecule has 0 amide bonds. The molecule has 4 nitrogen and oxygen atoms in total. The highest BCUT2D eigenvalue weighted by Crippen LogP contribution is 2.22. The molecule has 0 saturated heterocycles. The first-order valence-electron chi connectivity index (χ1n) is 3.93. The monoisotopic (exact) mass is 209 g/mol. The molecule has 2 rings (SSSR count). The summed E-state index contributed by atoms with van der Waals surface area (Å²) in [6, 6.07) is 5.43. The van der Waals surface area contributed by atoms with Gasteiger partial charge in [0.25, 0.3) is 0 Å². The van der Waals surface area contributed by atoms with Crippen molar-refractivity contribution in [2.45, 2.75) is 4.90 Å². The van der Waals surface area contributed by atoms with E-state index in [9.17, 15) is 4.79 Å². The van der Waals surface area contributed by atoms with Crippen LogP contribution < -0.4 is 0 Å².